The number of Topliss-reactive ketones (excluding diaryl/α,β-unsaturated/α-hetero) is 2. The summed E-state index contributed by atoms with van der Waals surface area (Å²) in [6, 6.07) is 1.66. The molecule has 1 aromatic carbocycles. The average Bonchev–Trinajstić information content (AvgIpc) is 2.40. The van der Waals surface area contributed by atoms with E-state index >= 15 is 0 Å². The SMILES string of the molecule is CCCCC(=O)c1cc2c(c(C)c1S)OCCC2=O. The van der Waals surface area contributed by atoms with Crippen molar-refractivity contribution in [1.82, 2.24) is 0 Å². The minimum atomic E-state index is 0.0437. The molecule has 0 saturated carbocycles. The number of ketones is 2. The third-order valence-corrected chi connectivity index (χ3v) is 3.99. The number of rotatable bonds is 4. The monoisotopic (exact) mass is 278 g/mol. The lowest BCUT2D eigenvalue weighted by molar-refractivity contribution is 0.0932. The molecule has 0 unspecified atom stereocenters. The third kappa shape index (κ3) is 2.68. The van der Waals surface area contributed by atoms with Gasteiger partial charge >= 0.3 is 0 Å². The maximum absolute atomic E-state index is 12.2. The lowest BCUT2D eigenvalue weighted by atomic mass is 9.95. The van der Waals surface area contributed by atoms with Crippen molar-refractivity contribution in [1.29, 1.82) is 0 Å². The molecule has 4 heteroatoms. The van der Waals surface area contributed by atoms with Crippen LogP contribution >= 0.6 is 12.6 Å². The van der Waals surface area contributed by atoms with Crippen LogP contribution < -0.4 is 4.74 Å². The van der Waals surface area contributed by atoms with Crippen molar-refractivity contribution in [3.63, 3.8) is 0 Å². The zero-order chi connectivity index (χ0) is 14.0. The molecule has 0 amide bonds. The summed E-state index contributed by atoms with van der Waals surface area (Å²) >= 11 is 4.42. The van der Waals surface area contributed by atoms with Crippen molar-refractivity contribution >= 4 is 24.2 Å². The number of carbonyl (C=O) groups is 2. The van der Waals surface area contributed by atoms with Gasteiger partial charge in [-0.2, -0.15) is 0 Å². The molecule has 0 fully saturated rings. The number of unbranched alkanes of at least 4 members (excludes halogenated alkanes) is 1. The highest BCUT2D eigenvalue weighted by molar-refractivity contribution is 7.80. The first-order valence-corrected chi connectivity index (χ1v) is 7.06. The molecule has 0 spiro atoms. The summed E-state index contributed by atoms with van der Waals surface area (Å²) in [6.45, 7) is 4.30. The lowest BCUT2D eigenvalue weighted by Crippen LogP contribution is -2.18. The Balaban J connectivity index is 2.46. The van der Waals surface area contributed by atoms with Crippen LogP contribution in [0, 0.1) is 6.92 Å². The van der Waals surface area contributed by atoms with E-state index in [2.05, 4.69) is 12.6 Å². The van der Waals surface area contributed by atoms with E-state index in [4.69, 9.17) is 4.74 Å². The van der Waals surface area contributed by atoms with Gasteiger partial charge in [0, 0.05) is 28.9 Å². The van der Waals surface area contributed by atoms with Gasteiger partial charge < -0.3 is 4.74 Å². The zero-order valence-corrected chi connectivity index (χ0v) is 12.2. The molecule has 1 aliphatic heterocycles. The summed E-state index contributed by atoms with van der Waals surface area (Å²) < 4.78 is 5.54. The highest BCUT2D eigenvalue weighted by Crippen LogP contribution is 2.35. The molecule has 1 heterocycles. The van der Waals surface area contributed by atoms with Crippen LogP contribution in [-0.2, 0) is 0 Å². The number of thiol groups is 1. The molecular weight excluding hydrogens is 260 g/mol. The van der Waals surface area contributed by atoms with Crippen LogP contribution in [0.25, 0.3) is 0 Å². The lowest BCUT2D eigenvalue weighted by Gasteiger charge is -2.21. The standard InChI is InChI=1S/C15H18O3S/c1-3-4-5-12(16)11-8-10-13(17)6-7-18-14(10)9(2)15(11)19/h8,19H,3-7H2,1-2H3. The smallest absolute Gasteiger partial charge is 0.170 e. The van der Waals surface area contributed by atoms with Gasteiger partial charge in [0.05, 0.1) is 12.2 Å². The van der Waals surface area contributed by atoms with Gasteiger partial charge in [-0.25, -0.2) is 0 Å². The Kier molecular flexibility index (Phi) is 4.30. The first-order valence-electron chi connectivity index (χ1n) is 6.62. The van der Waals surface area contributed by atoms with E-state index in [1.807, 2.05) is 13.8 Å². The molecule has 0 bridgehead atoms. The Bertz CT molecular complexity index is 535. The van der Waals surface area contributed by atoms with Gasteiger partial charge in [0.1, 0.15) is 5.75 Å². The number of ether oxygens (including phenoxy) is 1. The Labute approximate surface area is 118 Å². The van der Waals surface area contributed by atoms with Crippen LogP contribution in [0.3, 0.4) is 0 Å². The van der Waals surface area contributed by atoms with Crippen molar-refractivity contribution in [2.24, 2.45) is 0 Å². The number of benzene rings is 1. The zero-order valence-electron chi connectivity index (χ0n) is 11.3. The van der Waals surface area contributed by atoms with Gasteiger partial charge in [-0.05, 0) is 19.4 Å². The Morgan fingerprint density at radius 3 is 2.89 bits per heavy atom. The highest BCUT2D eigenvalue weighted by Gasteiger charge is 2.25. The van der Waals surface area contributed by atoms with Gasteiger partial charge in [-0.1, -0.05) is 13.3 Å². The predicted molar refractivity (Wildman–Crippen MR) is 76.7 cm³/mol. The first kappa shape index (κ1) is 14.1. The van der Waals surface area contributed by atoms with E-state index in [9.17, 15) is 9.59 Å². The number of hydrogen-bond acceptors (Lipinski definition) is 4. The van der Waals surface area contributed by atoms with Gasteiger partial charge in [-0.15, -0.1) is 12.6 Å². The molecule has 0 aliphatic carbocycles. The normalized spacial score (nSPS) is 13.9. The molecule has 0 N–H and O–H groups in total. The second-order valence-electron chi connectivity index (χ2n) is 4.82. The third-order valence-electron chi connectivity index (χ3n) is 3.42. The van der Waals surface area contributed by atoms with Crippen molar-refractivity contribution in [3.8, 4) is 5.75 Å². The number of fused-ring (bicyclic) bond motifs is 1. The molecule has 0 radical (unpaired) electrons. The Hall–Kier alpha value is -1.29. The molecule has 3 nitrogen and oxygen atoms in total. The van der Waals surface area contributed by atoms with Crippen LogP contribution in [-0.4, -0.2) is 18.2 Å². The maximum atomic E-state index is 12.2. The topological polar surface area (TPSA) is 43.4 Å². The summed E-state index contributed by atoms with van der Waals surface area (Å²) in [4.78, 5) is 24.7. The number of hydrogen-bond donors (Lipinski definition) is 1. The van der Waals surface area contributed by atoms with Crippen molar-refractivity contribution in [2.45, 2.75) is 44.4 Å². The van der Waals surface area contributed by atoms with Crippen LogP contribution in [0.4, 0.5) is 0 Å². The molecular formula is C15H18O3S. The quantitative estimate of drug-likeness (QED) is 0.675. The highest BCUT2D eigenvalue weighted by atomic mass is 32.1. The van der Waals surface area contributed by atoms with Crippen molar-refractivity contribution in [2.75, 3.05) is 6.61 Å². The van der Waals surface area contributed by atoms with E-state index < -0.39 is 0 Å². The van der Waals surface area contributed by atoms with Crippen molar-refractivity contribution in [3.05, 3.63) is 22.8 Å². The fraction of sp³-hybridized carbons (Fsp3) is 0.467. The summed E-state index contributed by atoms with van der Waals surface area (Å²) in [6.07, 6.45) is 2.70. The molecule has 102 valence electrons. The van der Waals surface area contributed by atoms with E-state index in [1.54, 1.807) is 6.07 Å². The largest absolute Gasteiger partial charge is 0.492 e. The molecule has 0 aromatic heterocycles. The molecule has 0 atom stereocenters. The molecule has 0 saturated heterocycles. The second kappa shape index (κ2) is 5.78. The van der Waals surface area contributed by atoms with E-state index in [0.717, 1.165) is 18.4 Å². The molecule has 1 aromatic rings. The second-order valence-corrected chi connectivity index (χ2v) is 5.27. The van der Waals surface area contributed by atoms with E-state index in [-0.39, 0.29) is 11.6 Å². The summed E-state index contributed by atoms with van der Waals surface area (Å²) in [5.41, 5.74) is 1.86. The number of carbonyl (C=O) groups excluding carboxylic acids is 2. The van der Waals surface area contributed by atoms with Crippen LogP contribution in [0.5, 0.6) is 5.75 Å². The van der Waals surface area contributed by atoms with Crippen molar-refractivity contribution < 1.29 is 14.3 Å². The minimum absolute atomic E-state index is 0.0437. The average molecular weight is 278 g/mol. The van der Waals surface area contributed by atoms with Crippen LogP contribution in [0.1, 0.15) is 58.9 Å². The Morgan fingerprint density at radius 2 is 2.21 bits per heavy atom. The molecule has 2 rings (SSSR count). The molecule has 19 heavy (non-hydrogen) atoms. The minimum Gasteiger partial charge on any atom is -0.492 e. The first-order chi connectivity index (χ1) is 9.06. The fourth-order valence-corrected chi connectivity index (χ4v) is 2.54. The van der Waals surface area contributed by atoms with Gasteiger partial charge in [-0.3, -0.25) is 9.59 Å². The molecule has 1 aliphatic rings. The summed E-state index contributed by atoms with van der Waals surface area (Å²) in [5, 5.41) is 0. The fourth-order valence-electron chi connectivity index (χ4n) is 2.25. The van der Waals surface area contributed by atoms with Crippen LogP contribution in [0.2, 0.25) is 0 Å². The van der Waals surface area contributed by atoms with Crippen LogP contribution in [0.15, 0.2) is 11.0 Å². The summed E-state index contributed by atoms with van der Waals surface area (Å²) in [7, 11) is 0. The van der Waals surface area contributed by atoms with Gasteiger partial charge in [0.2, 0.25) is 0 Å². The Morgan fingerprint density at radius 1 is 1.47 bits per heavy atom. The predicted octanol–water partition coefficient (Wildman–Crippen LogP) is 3.62. The van der Waals surface area contributed by atoms with E-state index in [1.165, 1.54) is 0 Å². The van der Waals surface area contributed by atoms with Gasteiger partial charge in [0.15, 0.2) is 11.6 Å². The maximum Gasteiger partial charge on any atom is 0.170 e. The summed E-state index contributed by atoms with van der Waals surface area (Å²) in [5.74, 6) is 0.687. The van der Waals surface area contributed by atoms with Gasteiger partial charge in [0.25, 0.3) is 0 Å². The van der Waals surface area contributed by atoms with E-state index in [0.29, 0.717) is 41.2 Å².